The molecule has 4 rings (SSSR count). The lowest BCUT2D eigenvalue weighted by Gasteiger charge is -2.33. The van der Waals surface area contributed by atoms with Gasteiger partial charge in [-0.2, -0.15) is 0 Å². The molecule has 0 spiro atoms. The van der Waals surface area contributed by atoms with Crippen LogP contribution in [-0.2, 0) is 4.74 Å². The Morgan fingerprint density at radius 2 is 1.93 bits per heavy atom. The number of hydrogen-bond donors (Lipinski definition) is 0. The molecule has 0 bridgehead atoms. The van der Waals surface area contributed by atoms with E-state index in [1.165, 1.54) is 23.5 Å². The first kappa shape index (κ1) is 17.8. The number of nitrogens with zero attached hydrogens (tertiary/aromatic N) is 2. The molecule has 2 aromatic carbocycles. The average molecular weight is 382 g/mol. The SMILES string of the molecule is Cc1nc(-c2ccc(F)cc2)sc1C(=O)N1CCOC(c2ccccc2)C1. The van der Waals surface area contributed by atoms with Crippen LogP contribution in [0.2, 0.25) is 0 Å². The van der Waals surface area contributed by atoms with E-state index in [2.05, 4.69) is 4.98 Å². The van der Waals surface area contributed by atoms with Gasteiger partial charge in [0.1, 0.15) is 21.8 Å². The zero-order valence-electron chi connectivity index (χ0n) is 14.9. The molecule has 1 saturated heterocycles. The minimum atomic E-state index is -0.288. The predicted molar refractivity (Wildman–Crippen MR) is 103 cm³/mol. The van der Waals surface area contributed by atoms with Gasteiger partial charge in [-0.15, -0.1) is 11.3 Å². The van der Waals surface area contributed by atoms with E-state index in [4.69, 9.17) is 4.74 Å². The third-order valence-electron chi connectivity index (χ3n) is 4.61. The molecule has 1 aliphatic heterocycles. The van der Waals surface area contributed by atoms with Crippen molar-refractivity contribution in [2.45, 2.75) is 13.0 Å². The predicted octanol–water partition coefficient (Wildman–Crippen LogP) is 4.47. The lowest BCUT2D eigenvalue weighted by Crippen LogP contribution is -2.42. The largest absolute Gasteiger partial charge is 0.370 e. The number of benzene rings is 2. The van der Waals surface area contributed by atoms with Gasteiger partial charge in [0.25, 0.3) is 5.91 Å². The van der Waals surface area contributed by atoms with E-state index in [9.17, 15) is 9.18 Å². The third-order valence-corrected chi connectivity index (χ3v) is 5.80. The lowest BCUT2D eigenvalue weighted by atomic mass is 10.1. The second-order valence-electron chi connectivity index (χ2n) is 6.46. The molecule has 1 amide bonds. The second kappa shape index (κ2) is 7.58. The third kappa shape index (κ3) is 3.77. The zero-order valence-corrected chi connectivity index (χ0v) is 15.7. The first-order valence-corrected chi connectivity index (χ1v) is 9.62. The van der Waals surface area contributed by atoms with Gasteiger partial charge < -0.3 is 9.64 Å². The Labute approximate surface area is 161 Å². The molecule has 0 radical (unpaired) electrons. The molecule has 0 aliphatic carbocycles. The van der Waals surface area contributed by atoms with Crippen molar-refractivity contribution in [2.24, 2.45) is 0 Å². The van der Waals surface area contributed by atoms with E-state index >= 15 is 0 Å². The number of carbonyl (C=O) groups excluding carboxylic acids is 1. The number of morpholine rings is 1. The molecule has 1 aromatic heterocycles. The fraction of sp³-hybridized carbons (Fsp3) is 0.238. The van der Waals surface area contributed by atoms with Gasteiger partial charge in [0, 0.05) is 12.1 Å². The zero-order chi connectivity index (χ0) is 18.8. The summed E-state index contributed by atoms with van der Waals surface area (Å²) < 4.78 is 19.0. The van der Waals surface area contributed by atoms with E-state index in [0.29, 0.717) is 30.3 Å². The Morgan fingerprint density at radius 3 is 2.67 bits per heavy atom. The molecule has 6 heteroatoms. The number of ether oxygens (including phenoxy) is 1. The number of amides is 1. The van der Waals surface area contributed by atoms with Crippen molar-refractivity contribution in [1.29, 1.82) is 0 Å². The maximum absolute atomic E-state index is 13.1. The Morgan fingerprint density at radius 1 is 1.19 bits per heavy atom. The van der Waals surface area contributed by atoms with Crippen molar-refractivity contribution < 1.29 is 13.9 Å². The minimum absolute atomic E-state index is 0.0254. The summed E-state index contributed by atoms with van der Waals surface area (Å²) >= 11 is 1.35. The fourth-order valence-electron chi connectivity index (χ4n) is 3.16. The van der Waals surface area contributed by atoms with E-state index in [-0.39, 0.29) is 17.8 Å². The van der Waals surface area contributed by atoms with Crippen molar-refractivity contribution in [3.63, 3.8) is 0 Å². The Kier molecular flexibility index (Phi) is 5.01. The summed E-state index contributed by atoms with van der Waals surface area (Å²) in [5.41, 5.74) is 2.59. The van der Waals surface area contributed by atoms with Crippen LogP contribution in [0.1, 0.15) is 27.0 Å². The van der Waals surface area contributed by atoms with Crippen LogP contribution < -0.4 is 0 Å². The van der Waals surface area contributed by atoms with E-state index in [1.54, 1.807) is 12.1 Å². The van der Waals surface area contributed by atoms with Gasteiger partial charge in [-0.1, -0.05) is 30.3 Å². The Balaban J connectivity index is 1.55. The summed E-state index contributed by atoms with van der Waals surface area (Å²) in [7, 11) is 0. The highest BCUT2D eigenvalue weighted by atomic mass is 32.1. The smallest absolute Gasteiger partial charge is 0.266 e. The summed E-state index contributed by atoms with van der Waals surface area (Å²) in [6, 6.07) is 16.1. The molecule has 2 heterocycles. The number of rotatable bonds is 3. The molecule has 1 unspecified atom stereocenters. The van der Waals surface area contributed by atoms with E-state index in [1.807, 2.05) is 42.2 Å². The molecular formula is C21H19FN2O2S. The average Bonchev–Trinajstić information content (AvgIpc) is 3.10. The highest BCUT2D eigenvalue weighted by molar-refractivity contribution is 7.17. The molecule has 1 atom stereocenters. The normalized spacial score (nSPS) is 17.1. The van der Waals surface area contributed by atoms with Crippen LogP contribution in [-0.4, -0.2) is 35.5 Å². The maximum Gasteiger partial charge on any atom is 0.266 e. The number of hydrogen-bond acceptors (Lipinski definition) is 4. The van der Waals surface area contributed by atoms with Crippen LogP contribution in [0, 0.1) is 12.7 Å². The number of aromatic nitrogens is 1. The van der Waals surface area contributed by atoms with Crippen LogP contribution >= 0.6 is 11.3 Å². The molecule has 3 aromatic rings. The molecular weight excluding hydrogens is 363 g/mol. The van der Waals surface area contributed by atoms with E-state index < -0.39 is 0 Å². The lowest BCUT2D eigenvalue weighted by molar-refractivity contribution is -0.0226. The number of halogens is 1. The minimum Gasteiger partial charge on any atom is -0.370 e. The highest BCUT2D eigenvalue weighted by Crippen LogP contribution is 2.30. The maximum atomic E-state index is 13.1. The molecule has 1 fully saturated rings. The number of aryl methyl sites for hydroxylation is 1. The second-order valence-corrected chi connectivity index (χ2v) is 7.46. The van der Waals surface area contributed by atoms with E-state index in [0.717, 1.165) is 16.1 Å². The molecule has 1 aliphatic rings. The van der Waals surface area contributed by atoms with Gasteiger partial charge in [0.15, 0.2) is 0 Å². The van der Waals surface area contributed by atoms with Crippen LogP contribution in [0.25, 0.3) is 10.6 Å². The molecule has 27 heavy (non-hydrogen) atoms. The summed E-state index contributed by atoms with van der Waals surface area (Å²) in [4.78, 5) is 20.1. The van der Waals surface area contributed by atoms with Crippen molar-refractivity contribution in [1.82, 2.24) is 9.88 Å². The number of thiazole rings is 1. The summed E-state index contributed by atoms with van der Waals surface area (Å²) in [6.07, 6.45) is -0.117. The van der Waals surface area contributed by atoms with Crippen LogP contribution in [0.5, 0.6) is 0 Å². The fourth-order valence-corrected chi connectivity index (χ4v) is 4.20. The van der Waals surface area contributed by atoms with Crippen molar-refractivity contribution in [2.75, 3.05) is 19.7 Å². The van der Waals surface area contributed by atoms with Crippen molar-refractivity contribution in [3.8, 4) is 10.6 Å². The Bertz CT molecular complexity index is 941. The highest BCUT2D eigenvalue weighted by Gasteiger charge is 2.28. The van der Waals surface area contributed by atoms with Crippen LogP contribution in [0.4, 0.5) is 4.39 Å². The summed E-state index contributed by atoms with van der Waals surface area (Å²) in [6.45, 7) is 3.43. The Hall–Kier alpha value is -2.57. The monoisotopic (exact) mass is 382 g/mol. The van der Waals surface area contributed by atoms with Crippen molar-refractivity contribution in [3.05, 3.63) is 76.5 Å². The summed E-state index contributed by atoms with van der Waals surface area (Å²) in [5.74, 6) is -0.314. The van der Waals surface area contributed by atoms with Gasteiger partial charge in [-0.3, -0.25) is 4.79 Å². The first-order valence-electron chi connectivity index (χ1n) is 8.81. The van der Waals surface area contributed by atoms with Gasteiger partial charge in [0.2, 0.25) is 0 Å². The quantitative estimate of drug-likeness (QED) is 0.671. The molecule has 138 valence electrons. The topological polar surface area (TPSA) is 42.4 Å². The van der Waals surface area contributed by atoms with Gasteiger partial charge in [0.05, 0.1) is 18.8 Å². The number of carbonyl (C=O) groups is 1. The van der Waals surface area contributed by atoms with Crippen LogP contribution in [0.3, 0.4) is 0 Å². The van der Waals surface area contributed by atoms with Crippen molar-refractivity contribution >= 4 is 17.2 Å². The first-order chi connectivity index (χ1) is 13.1. The molecule has 0 N–H and O–H groups in total. The van der Waals surface area contributed by atoms with Crippen LogP contribution in [0.15, 0.2) is 54.6 Å². The van der Waals surface area contributed by atoms with Gasteiger partial charge >= 0.3 is 0 Å². The molecule has 0 saturated carbocycles. The van der Waals surface area contributed by atoms with Gasteiger partial charge in [-0.25, -0.2) is 9.37 Å². The summed E-state index contributed by atoms with van der Waals surface area (Å²) in [5, 5.41) is 0.726. The molecule has 4 nitrogen and oxygen atoms in total. The van der Waals surface area contributed by atoms with Gasteiger partial charge in [-0.05, 0) is 36.8 Å². The standard InChI is InChI=1S/C21H19FN2O2S/c1-14-19(27-20(23-14)16-7-9-17(22)10-8-16)21(25)24-11-12-26-18(13-24)15-5-3-2-4-6-15/h2-10,18H,11-13H2,1H3.